The normalized spacial score (nSPS) is 11.2. The Morgan fingerprint density at radius 1 is 1.06 bits per heavy atom. The Morgan fingerprint density at radius 3 is 2.45 bits per heavy atom. The molecule has 0 saturated heterocycles. The van der Waals surface area contributed by atoms with Crippen molar-refractivity contribution in [3.8, 4) is 5.75 Å². The van der Waals surface area contributed by atoms with Crippen molar-refractivity contribution in [2.45, 2.75) is 42.7 Å². The van der Waals surface area contributed by atoms with Gasteiger partial charge in [-0.2, -0.15) is 13.2 Å². The summed E-state index contributed by atoms with van der Waals surface area (Å²) in [4.78, 5) is 29.9. The van der Waals surface area contributed by atoms with Gasteiger partial charge < -0.3 is 10.1 Å². The lowest BCUT2D eigenvalue weighted by molar-refractivity contribution is -0.138. The summed E-state index contributed by atoms with van der Waals surface area (Å²) < 4.78 is 44.1. The largest absolute Gasteiger partial charge is 0.424 e. The van der Waals surface area contributed by atoms with Crippen molar-refractivity contribution in [3.63, 3.8) is 0 Å². The second-order valence-corrected chi connectivity index (χ2v) is 8.28. The van der Waals surface area contributed by atoms with Crippen LogP contribution >= 0.6 is 11.8 Å². The molecule has 9 heteroatoms. The molecular formula is C24H21F3N2O3S. The number of hydrogen-bond donors (Lipinski definition) is 1. The van der Waals surface area contributed by atoms with E-state index in [-0.39, 0.29) is 17.9 Å². The highest BCUT2D eigenvalue weighted by molar-refractivity contribution is 7.99. The van der Waals surface area contributed by atoms with Crippen LogP contribution < -0.4 is 10.1 Å². The lowest BCUT2D eigenvalue weighted by Gasteiger charge is -2.12. The summed E-state index contributed by atoms with van der Waals surface area (Å²) >= 11 is 1.18. The highest BCUT2D eigenvalue weighted by atomic mass is 32.2. The molecule has 3 aromatic rings. The Labute approximate surface area is 193 Å². The summed E-state index contributed by atoms with van der Waals surface area (Å²) in [5.41, 5.74) is 0.342. The molecule has 0 aliphatic heterocycles. The Morgan fingerprint density at radius 2 is 1.79 bits per heavy atom. The number of carbonyl (C=O) groups excluding carboxylic acids is 2. The Hall–Kier alpha value is -3.33. The van der Waals surface area contributed by atoms with Gasteiger partial charge in [-0.25, -0.2) is 4.98 Å². The molecule has 0 aliphatic carbocycles. The fourth-order valence-corrected chi connectivity index (χ4v) is 3.75. The molecule has 0 bridgehead atoms. The second-order valence-electron chi connectivity index (χ2n) is 7.14. The number of rotatable bonds is 7. The summed E-state index contributed by atoms with van der Waals surface area (Å²) in [5.74, 6) is -0.875. The van der Waals surface area contributed by atoms with Crippen molar-refractivity contribution >= 4 is 29.3 Å². The van der Waals surface area contributed by atoms with Crippen LogP contribution in [0.15, 0.2) is 70.6 Å². The zero-order valence-corrected chi connectivity index (χ0v) is 18.7. The quantitative estimate of drug-likeness (QED) is 0.395. The standard InChI is InChI=1S/C24H21F3N2O3S/c1-3-5-20(30)32-22-15(2)12-13-28-21(22)23(31)29-17-8-10-18(11-9-17)33-19-7-4-6-16(14-19)24(25,26)27/h4,6-14H,3,5H2,1-2H3,(H,29,31). The van der Waals surface area contributed by atoms with E-state index < -0.39 is 23.6 Å². The van der Waals surface area contributed by atoms with Crippen LogP contribution in [0.3, 0.4) is 0 Å². The molecular weight excluding hydrogens is 453 g/mol. The fraction of sp³-hybridized carbons (Fsp3) is 0.208. The van der Waals surface area contributed by atoms with E-state index in [4.69, 9.17) is 4.74 Å². The van der Waals surface area contributed by atoms with Crippen LogP contribution in [-0.2, 0) is 11.0 Å². The molecule has 1 amide bonds. The smallest absolute Gasteiger partial charge is 0.416 e. The highest BCUT2D eigenvalue weighted by Crippen LogP contribution is 2.34. The van der Waals surface area contributed by atoms with Crippen molar-refractivity contribution < 1.29 is 27.5 Å². The average molecular weight is 475 g/mol. The molecule has 33 heavy (non-hydrogen) atoms. The van der Waals surface area contributed by atoms with Gasteiger partial charge >= 0.3 is 12.1 Å². The van der Waals surface area contributed by atoms with Crippen molar-refractivity contribution in [3.05, 3.63) is 77.6 Å². The minimum Gasteiger partial charge on any atom is -0.424 e. The Bertz CT molecular complexity index is 1150. The van der Waals surface area contributed by atoms with E-state index in [1.165, 1.54) is 24.0 Å². The van der Waals surface area contributed by atoms with Crippen molar-refractivity contribution in [2.75, 3.05) is 5.32 Å². The maximum Gasteiger partial charge on any atom is 0.416 e. The van der Waals surface area contributed by atoms with E-state index in [0.29, 0.717) is 27.5 Å². The van der Waals surface area contributed by atoms with Crippen LogP contribution in [0.5, 0.6) is 5.75 Å². The number of alkyl halides is 3. The van der Waals surface area contributed by atoms with Gasteiger partial charge in [0, 0.05) is 28.1 Å². The lowest BCUT2D eigenvalue weighted by atomic mass is 10.2. The van der Waals surface area contributed by atoms with Crippen LogP contribution in [0.2, 0.25) is 0 Å². The lowest BCUT2D eigenvalue weighted by Crippen LogP contribution is -2.18. The summed E-state index contributed by atoms with van der Waals surface area (Å²) in [6.07, 6.45) is -2.11. The molecule has 0 spiro atoms. The van der Waals surface area contributed by atoms with Gasteiger partial charge in [-0.1, -0.05) is 24.8 Å². The predicted octanol–water partition coefficient (Wildman–Crippen LogP) is 6.52. The number of hydrogen-bond acceptors (Lipinski definition) is 5. The van der Waals surface area contributed by atoms with Gasteiger partial charge in [0.25, 0.3) is 5.91 Å². The van der Waals surface area contributed by atoms with Crippen molar-refractivity contribution in [1.29, 1.82) is 0 Å². The van der Waals surface area contributed by atoms with Gasteiger partial charge in [-0.3, -0.25) is 9.59 Å². The Kier molecular flexibility index (Phi) is 7.75. The number of ether oxygens (including phenoxy) is 1. The first-order valence-electron chi connectivity index (χ1n) is 10.1. The number of benzene rings is 2. The number of pyridine rings is 1. The minimum absolute atomic E-state index is 0.0122. The van der Waals surface area contributed by atoms with Crippen LogP contribution in [-0.4, -0.2) is 16.9 Å². The maximum absolute atomic E-state index is 12.9. The van der Waals surface area contributed by atoms with E-state index in [1.807, 2.05) is 6.92 Å². The third-order valence-electron chi connectivity index (χ3n) is 4.50. The molecule has 1 heterocycles. The molecule has 1 N–H and O–H groups in total. The molecule has 5 nitrogen and oxygen atoms in total. The number of nitrogens with zero attached hydrogens (tertiary/aromatic N) is 1. The summed E-state index contributed by atoms with van der Waals surface area (Å²) in [6, 6.07) is 13.4. The average Bonchev–Trinajstić information content (AvgIpc) is 2.76. The van der Waals surface area contributed by atoms with Crippen molar-refractivity contribution in [1.82, 2.24) is 4.98 Å². The third kappa shape index (κ3) is 6.58. The number of esters is 1. The summed E-state index contributed by atoms with van der Waals surface area (Å²) in [5, 5.41) is 2.70. The summed E-state index contributed by atoms with van der Waals surface area (Å²) in [7, 11) is 0. The third-order valence-corrected chi connectivity index (χ3v) is 5.49. The number of anilines is 1. The van der Waals surface area contributed by atoms with Crippen LogP contribution in [0, 0.1) is 6.92 Å². The molecule has 0 unspecified atom stereocenters. The predicted molar refractivity (Wildman–Crippen MR) is 119 cm³/mol. The van der Waals surface area contributed by atoms with Crippen LogP contribution in [0.1, 0.15) is 41.4 Å². The molecule has 0 atom stereocenters. The monoisotopic (exact) mass is 474 g/mol. The number of aryl methyl sites for hydroxylation is 1. The van der Waals surface area contributed by atoms with E-state index in [9.17, 15) is 22.8 Å². The molecule has 0 fully saturated rings. The molecule has 0 aliphatic rings. The zero-order valence-electron chi connectivity index (χ0n) is 17.9. The number of amides is 1. The first-order chi connectivity index (χ1) is 15.7. The van der Waals surface area contributed by atoms with Gasteiger partial charge in [0.2, 0.25) is 0 Å². The van der Waals surface area contributed by atoms with E-state index in [2.05, 4.69) is 10.3 Å². The zero-order chi connectivity index (χ0) is 24.0. The highest BCUT2D eigenvalue weighted by Gasteiger charge is 2.30. The van der Waals surface area contributed by atoms with Crippen LogP contribution in [0.4, 0.5) is 18.9 Å². The number of halogens is 3. The van der Waals surface area contributed by atoms with E-state index in [0.717, 1.165) is 12.1 Å². The molecule has 1 aromatic heterocycles. The van der Waals surface area contributed by atoms with Crippen LogP contribution in [0.25, 0.3) is 0 Å². The molecule has 3 rings (SSSR count). The van der Waals surface area contributed by atoms with Gasteiger partial charge in [0.1, 0.15) is 0 Å². The number of aromatic nitrogens is 1. The van der Waals surface area contributed by atoms with Crippen molar-refractivity contribution in [2.24, 2.45) is 0 Å². The number of carbonyl (C=O) groups is 2. The Balaban J connectivity index is 1.71. The van der Waals surface area contributed by atoms with E-state index >= 15 is 0 Å². The molecule has 172 valence electrons. The second kappa shape index (κ2) is 10.5. The first-order valence-corrected chi connectivity index (χ1v) is 10.9. The first kappa shape index (κ1) is 24.3. The van der Waals surface area contributed by atoms with E-state index in [1.54, 1.807) is 43.3 Å². The van der Waals surface area contributed by atoms with Gasteiger partial charge in [0.05, 0.1) is 5.56 Å². The SMILES string of the molecule is CCCC(=O)Oc1c(C)ccnc1C(=O)Nc1ccc(Sc2cccc(C(F)(F)F)c2)cc1. The topological polar surface area (TPSA) is 68.3 Å². The molecule has 0 radical (unpaired) electrons. The summed E-state index contributed by atoms with van der Waals surface area (Å²) in [6.45, 7) is 3.56. The van der Waals surface area contributed by atoms with Gasteiger partial charge in [-0.15, -0.1) is 0 Å². The minimum atomic E-state index is -4.40. The molecule has 2 aromatic carbocycles. The van der Waals surface area contributed by atoms with Gasteiger partial charge in [-0.05, 0) is 67.4 Å². The van der Waals surface area contributed by atoms with Gasteiger partial charge in [0.15, 0.2) is 11.4 Å². The molecule has 0 saturated carbocycles. The maximum atomic E-state index is 12.9. The number of nitrogens with one attached hydrogen (secondary N) is 1. The fourth-order valence-electron chi connectivity index (χ4n) is 2.87.